The summed E-state index contributed by atoms with van der Waals surface area (Å²) < 4.78 is 0. The molecule has 5 heteroatoms. The first kappa shape index (κ1) is 20.2. The molecule has 1 N–H and O–H groups in total. The molecule has 0 bridgehead atoms. The lowest BCUT2D eigenvalue weighted by atomic mass is 9.99. The molecule has 0 aromatic heterocycles. The Kier molecular flexibility index (Phi) is 7.75. The van der Waals surface area contributed by atoms with Crippen molar-refractivity contribution in [2.45, 2.75) is 32.2 Å². The van der Waals surface area contributed by atoms with Crippen LogP contribution >= 0.6 is 24.0 Å². The van der Waals surface area contributed by atoms with Gasteiger partial charge in [-0.2, -0.15) is 0 Å². The van der Waals surface area contributed by atoms with Gasteiger partial charge in [0.2, 0.25) is 0 Å². The molecule has 0 spiro atoms. The lowest BCUT2D eigenvalue weighted by molar-refractivity contribution is 0.259. The van der Waals surface area contributed by atoms with E-state index in [4.69, 9.17) is 0 Å². The summed E-state index contributed by atoms with van der Waals surface area (Å²) in [6, 6.07) is 9.45. The third-order valence-electron chi connectivity index (χ3n) is 5.22. The van der Waals surface area contributed by atoms with Crippen LogP contribution in [0.4, 0.5) is 0 Å². The van der Waals surface area contributed by atoms with Gasteiger partial charge in [-0.15, -0.1) is 24.0 Å². The second-order valence-corrected chi connectivity index (χ2v) is 7.06. The van der Waals surface area contributed by atoms with Gasteiger partial charge in [0.05, 0.1) is 0 Å². The highest BCUT2D eigenvalue weighted by Gasteiger charge is 2.29. The van der Waals surface area contributed by atoms with Gasteiger partial charge in [-0.05, 0) is 24.8 Å². The zero-order valence-electron chi connectivity index (χ0n) is 15.6. The fourth-order valence-corrected chi connectivity index (χ4v) is 3.70. The highest BCUT2D eigenvalue weighted by atomic mass is 127. The van der Waals surface area contributed by atoms with Gasteiger partial charge in [-0.25, -0.2) is 0 Å². The van der Waals surface area contributed by atoms with Crippen LogP contribution in [0, 0.1) is 6.92 Å². The van der Waals surface area contributed by atoms with Crippen LogP contribution in [-0.2, 0) is 0 Å². The van der Waals surface area contributed by atoms with E-state index >= 15 is 0 Å². The predicted octanol–water partition coefficient (Wildman–Crippen LogP) is 3.24. The Morgan fingerprint density at radius 2 is 2.08 bits per heavy atom. The van der Waals surface area contributed by atoms with E-state index in [1.807, 2.05) is 7.05 Å². The number of aliphatic imine (C=N–C) groups is 1. The van der Waals surface area contributed by atoms with Gasteiger partial charge in [-0.3, -0.25) is 9.89 Å². The van der Waals surface area contributed by atoms with E-state index in [0.29, 0.717) is 12.0 Å². The van der Waals surface area contributed by atoms with Crippen LogP contribution in [0.25, 0.3) is 0 Å². The number of guanidine groups is 1. The van der Waals surface area contributed by atoms with E-state index in [2.05, 4.69) is 70.4 Å². The maximum atomic E-state index is 4.51. The number of benzene rings is 1. The number of aryl methyl sites for hydroxylation is 1. The normalized spacial score (nSPS) is 22.1. The van der Waals surface area contributed by atoms with Crippen molar-refractivity contribution in [3.8, 4) is 0 Å². The SMILES string of the molecule is CN=C(NCC(C)c1cccc(C)c1)N1CCC(N2CC=CC2)C1.I. The average molecular weight is 454 g/mol. The van der Waals surface area contributed by atoms with E-state index in [1.165, 1.54) is 17.5 Å². The fourth-order valence-electron chi connectivity index (χ4n) is 3.70. The number of rotatable bonds is 4. The Hall–Kier alpha value is -1.08. The van der Waals surface area contributed by atoms with E-state index in [9.17, 15) is 0 Å². The van der Waals surface area contributed by atoms with Crippen LogP contribution in [0.5, 0.6) is 0 Å². The number of nitrogens with one attached hydrogen (secondary N) is 1. The molecule has 2 aliphatic heterocycles. The molecule has 0 amide bonds. The Bertz CT molecular complexity index is 605. The monoisotopic (exact) mass is 454 g/mol. The summed E-state index contributed by atoms with van der Waals surface area (Å²) in [4.78, 5) is 9.48. The summed E-state index contributed by atoms with van der Waals surface area (Å²) >= 11 is 0. The van der Waals surface area contributed by atoms with Gasteiger partial charge in [0, 0.05) is 45.8 Å². The molecule has 4 nitrogen and oxygen atoms in total. The van der Waals surface area contributed by atoms with Crippen molar-refractivity contribution in [1.82, 2.24) is 15.1 Å². The van der Waals surface area contributed by atoms with Crippen LogP contribution < -0.4 is 5.32 Å². The summed E-state index contributed by atoms with van der Waals surface area (Å²) in [6.07, 6.45) is 5.79. The summed E-state index contributed by atoms with van der Waals surface area (Å²) in [5.41, 5.74) is 2.71. The maximum absolute atomic E-state index is 4.51. The second kappa shape index (κ2) is 9.57. The van der Waals surface area contributed by atoms with Crippen molar-refractivity contribution in [2.24, 2.45) is 4.99 Å². The molecule has 0 radical (unpaired) electrons. The molecule has 25 heavy (non-hydrogen) atoms. The average Bonchev–Trinajstić information content (AvgIpc) is 3.26. The zero-order valence-corrected chi connectivity index (χ0v) is 17.9. The molecule has 2 unspecified atom stereocenters. The molecule has 1 aromatic rings. The smallest absolute Gasteiger partial charge is 0.193 e. The third kappa shape index (κ3) is 5.20. The van der Waals surface area contributed by atoms with Gasteiger partial charge >= 0.3 is 0 Å². The second-order valence-electron chi connectivity index (χ2n) is 7.06. The van der Waals surface area contributed by atoms with E-state index in [0.717, 1.165) is 38.7 Å². The molecule has 3 rings (SSSR count). The highest BCUT2D eigenvalue weighted by Crippen LogP contribution is 2.19. The molecule has 0 saturated carbocycles. The lowest BCUT2D eigenvalue weighted by Gasteiger charge is -2.26. The Balaban J connectivity index is 0.00000225. The number of hydrogen-bond donors (Lipinski definition) is 1. The maximum Gasteiger partial charge on any atom is 0.193 e. The largest absolute Gasteiger partial charge is 0.356 e. The first-order chi connectivity index (χ1) is 11.7. The Labute approximate surface area is 169 Å². The fraction of sp³-hybridized carbons (Fsp3) is 0.550. The highest BCUT2D eigenvalue weighted by molar-refractivity contribution is 14.0. The third-order valence-corrected chi connectivity index (χ3v) is 5.22. The van der Waals surface area contributed by atoms with E-state index in [1.54, 1.807) is 0 Å². The van der Waals surface area contributed by atoms with Gasteiger partial charge < -0.3 is 10.2 Å². The van der Waals surface area contributed by atoms with Crippen molar-refractivity contribution in [2.75, 3.05) is 39.8 Å². The van der Waals surface area contributed by atoms with Gasteiger partial charge in [0.15, 0.2) is 5.96 Å². The Morgan fingerprint density at radius 1 is 1.32 bits per heavy atom. The quantitative estimate of drug-likeness (QED) is 0.328. The van der Waals surface area contributed by atoms with Crippen LogP contribution in [0.1, 0.15) is 30.4 Å². The molecule has 138 valence electrons. The molecule has 0 aliphatic carbocycles. The standard InChI is InChI=1S/C20H30N4.HI/c1-16-7-6-8-18(13-16)17(2)14-22-20(21-3)24-12-9-19(15-24)23-10-4-5-11-23;/h4-8,13,17,19H,9-12,14-15H2,1-3H3,(H,21,22);1H. The first-order valence-electron chi connectivity index (χ1n) is 9.08. The van der Waals surface area contributed by atoms with Crippen LogP contribution in [0.15, 0.2) is 41.4 Å². The van der Waals surface area contributed by atoms with Crippen molar-refractivity contribution in [1.29, 1.82) is 0 Å². The lowest BCUT2D eigenvalue weighted by Crippen LogP contribution is -2.43. The summed E-state index contributed by atoms with van der Waals surface area (Å²) in [5.74, 6) is 1.52. The topological polar surface area (TPSA) is 30.9 Å². The first-order valence-corrected chi connectivity index (χ1v) is 9.08. The number of likely N-dealkylation sites (tertiary alicyclic amines) is 1. The van der Waals surface area contributed by atoms with Crippen LogP contribution in [0.2, 0.25) is 0 Å². The van der Waals surface area contributed by atoms with Crippen molar-refractivity contribution in [3.63, 3.8) is 0 Å². The van der Waals surface area contributed by atoms with E-state index < -0.39 is 0 Å². The molecule has 2 aliphatic rings. The zero-order chi connectivity index (χ0) is 16.9. The predicted molar refractivity (Wildman–Crippen MR) is 117 cm³/mol. The summed E-state index contributed by atoms with van der Waals surface area (Å²) in [7, 11) is 1.89. The molecule has 2 atom stereocenters. The molecular weight excluding hydrogens is 423 g/mol. The molecular formula is C20H31IN4. The minimum atomic E-state index is 0. The number of hydrogen-bond acceptors (Lipinski definition) is 2. The minimum Gasteiger partial charge on any atom is -0.356 e. The van der Waals surface area contributed by atoms with Crippen molar-refractivity contribution in [3.05, 3.63) is 47.5 Å². The van der Waals surface area contributed by atoms with E-state index in [-0.39, 0.29) is 24.0 Å². The van der Waals surface area contributed by atoms with Gasteiger partial charge in [0.25, 0.3) is 0 Å². The molecule has 1 fully saturated rings. The van der Waals surface area contributed by atoms with Crippen molar-refractivity contribution >= 4 is 29.9 Å². The Morgan fingerprint density at radius 3 is 2.76 bits per heavy atom. The van der Waals surface area contributed by atoms with Crippen LogP contribution in [-0.4, -0.2) is 61.6 Å². The van der Waals surface area contributed by atoms with Gasteiger partial charge in [-0.1, -0.05) is 48.9 Å². The van der Waals surface area contributed by atoms with Crippen LogP contribution in [0.3, 0.4) is 0 Å². The summed E-state index contributed by atoms with van der Waals surface area (Å²) in [6.45, 7) is 9.74. The number of halogens is 1. The minimum absolute atomic E-state index is 0. The van der Waals surface area contributed by atoms with Gasteiger partial charge in [0.1, 0.15) is 0 Å². The molecule has 1 saturated heterocycles. The molecule has 1 aromatic carbocycles. The van der Waals surface area contributed by atoms with Crippen molar-refractivity contribution < 1.29 is 0 Å². The molecule has 2 heterocycles. The number of nitrogens with zero attached hydrogens (tertiary/aromatic N) is 3. The summed E-state index contributed by atoms with van der Waals surface area (Å²) in [5, 5.41) is 3.58.